The van der Waals surface area contributed by atoms with Crippen LogP contribution in [0, 0.1) is 0 Å². The predicted octanol–water partition coefficient (Wildman–Crippen LogP) is 8.55. The molecule has 0 saturated heterocycles. The van der Waals surface area contributed by atoms with E-state index in [9.17, 15) is 0 Å². The second-order valence-corrected chi connectivity index (χ2v) is 17.7. The van der Waals surface area contributed by atoms with Gasteiger partial charge in [0.05, 0.1) is 0 Å². The molecule has 0 unspecified atom stereocenters. The van der Waals surface area contributed by atoms with Gasteiger partial charge in [0.15, 0.2) is 0 Å². The Morgan fingerprint density at radius 2 is 0.857 bits per heavy atom. The quantitative estimate of drug-likeness (QED) is 0.144. The molecular formula is C32H56OSi2. The van der Waals surface area contributed by atoms with Gasteiger partial charge in [-0.15, -0.1) is 0 Å². The van der Waals surface area contributed by atoms with Gasteiger partial charge in [0.1, 0.15) is 11.5 Å². The van der Waals surface area contributed by atoms with Crippen LogP contribution < -0.4 is 4.74 Å². The third-order valence-electron chi connectivity index (χ3n) is 6.26. The summed E-state index contributed by atoms with van der Waals surface area (Å²) in [6.45, 7) is 6.85. The standard InChI is InChI=1S/C30H46O.C2H10Si2/c1-3-5-7-9-11-13-15-21-27-23-17-19-25-29(27)31-30-26-20-18-24-28(30)22-16-14-12-10-8-6-4-2;1-2(3)4/h17-20,23-26H,3-16,21-22H2,1-2H3;2H,1,3-4H3. The van der Waals surface area contributed by atoms with Crippen LogP contribution in [0.4, 0.5) is 0 Å². The molecule has 198 valence electrons. The SMILES string of the molecule is CC([SiH3])[SiH3].CCCCCCCCCc1ccccc1Oc1ccccc1CCCCCCCCC. The Bertz CT molecular complexity index is 682. The highest BCUT2D eigenvalue weighted by molar-refractivity contribution is 6.35. The minimum absolute atomic E-state index is 1.04. The molecule has 2 aromatic rings. The molecule has 0 aliphatic heterocycles. The summed E-state index contributed by atoms with van der Waals surface area (Å²) in [5, 5.41) is 1.11. The van der Waals surface area contributed by atoms with Gasteiger partial charge < -0.3 is 4.74 Å². The third kappa shape index (κ3) is 16.9. The molecule has 0 radical (unpaired) electrons. The van der Waals surface area contributed by atoms with Crippen molar-refractivity contribution >= 4 is 20.5 Å². The van der Waals surface area contributed by atoms with Crippen LogP contribution in [0.2, 0.25) is 5.16 Å². The molecule has 0 atom stereocenters. The Labute approximate surface area is 224 Å². The molecule has 2 aromatic carbocycles. The molecule has 2 rings (SSSR count). The molecule has 3 heteroatoms. The van der Waals surface area contributed by atoms with Crippen LogP contribution in [0.3, 0.4) is 0 Å². The second kappa shape index (κ2) is 21.9. The molecule has 0 N–H and O–H groups in total. The second-order valence-electron chi connectivity index (χ2n) is 10.8. The highest BCUT2D eigenvalue weighted by Gasteiger charge is 2.08. The fourth-order valence-electron chi connectivity index (χ4n) is 4.28. The fourth-order valence-corrected chi connectivity index (χ4v) is 4.28. The van der Waals surface area contributed by atoms with Crippen molar-refractivity contribution in [1.29, 1.82) is 0 Å². The number of rotatable bonds is 18. The maximum atomic E-state index is 6.46. The van der Waals surface area contributed by atoms with Crippen LogP contribution in [-0.2, 0) is 12.8 Å². The summed E-state index contributed by atoms with van der Waals surface area (Å²) in [5.41, 5.74) is 2.70. The zero-order chi connectivity index (χ0) is 25.6. The van der Waals surface area contributed by atoms with Gasteiger partial charge in [-0.1, -0.05) is 139 Å². The molecule has 0 bridgehead atoms. The highest BCUT2D eigenvalue weighted by Crippen LogP contribution is 2.30. The normalized spacial score (nSPS) is 11.7. The Balaban J connectivity index is 0.00000142. The lowest BCUT2D eigenvalue weighted by Gasteiger charge is -2.14. The minimum Gasteiger partial charge on any atom is -0.457 e. The van der Waals surface area contributed by atoms with Crippen molar-refractivity contribution in [3.05, 3.63) is 59.7 Å². The number of hydrogen-bond acceptors (Lipinski definition) is 1. The lowest BCUT2D eigenvalue weighted by Crippen LogP contribution is -1.96. The van der Waals surface area contributed by atoms with Gasteiger partial charge in [-0.2, -0.15) is 0 Å². The van der Waals surface area contributed by atoms with E-state index in [1.807, 2.05) is 0 Å². The monoisotopic (exact) mass is 512 g/mol. The molecule has 0 aromatic heterocycles. The summed E-state index contributed by atoms with van der Waals surface area (Å²) >= 11 is 0. The predicted molar refractivity (Wildman–Crippen MR) is 166 cm³/mol. The molecule has 0 amide bonds. The average molecular weight is 513 g/mol. The molecule has 35 heavy (non-hydrogen) atoms. The van der Waals surface area contributed by atoms with Gasteiger partial charge in [-0.25, -0.2) is 0 Å². The lowest BCUT2D eigenvalue weighted by molar-refractivity contribution is 0.466. The number of benzene rings is 2. The Kier molecular flexibility index (Phi) is 19.9. The van der Waals surface area contributed by atoms with Gasteiger partial charge in [0.2, 0.25) is 0 Å². The summed E-state index contributed by atoms with van der Waals surface area (Å²) in [6, 6.07) is 17.3. The van der Waals surface area contributed by atoms with Crippen LogP contribution >= 0.6 is 0 Å². The minimum atomic E-state index is 1.04. The molecule has 0 aliphatic carbocycles. The fraction of sp³-hybridized carbons (Fsp3) is 0.625. The molecule has 0 fully saturated rings. The molecule has 0 spiro atoms. The summed E-state index contributed by atoms with van der Waals surface area (Å²) in [5.74, 6) is 2.08. The van der Waals surface area contributed by atoms with E-state index in [2.05, 4.69) is 69.3 Å². The first-order valence-corrected chi connectivity index (χ1v) is 17.2. The van der Waals surface area contributed by atoms with Crippen LogP contribution in [-0.4, -0.2) is 20.5 Å². The molecule has 0 aliphatic rings. The van der Waals surface area contributed by atoms with E-state index in [1.165, 1.54) is 122 Å². The largest absolute Gasteiger partial charge is 0.457 e. The number of ether oxygens (including phenoxy) is 1. The Morgan fingerprint density at radius 3 is 1.23 bits per heavy atom. The van der Waals surface area contributed by atoms with E-state index < -0.39 is 0 Å². The van der Waals surface area contributed by atoms with E-state index in [4.69, 9.17) is 4.74 Å². The van der Waals surface area contributed by atoms with Gasteiger partial charge >= 0.3 is 0 Å². The first kappa shape index (κ1) is 31.7. The van der Waals surface area contributed by atoms with Crippen molar-refractivity contribution in [1.82, 2.24) is 0 Å². The average Bonchev–Trinajstić information content (AvgIpc) is 2.84. The lowest BCUT2D eigenvalue weighted by atomic mass is 10.0. The first-order valence-electron chi connectivity index (χ1n) is 14.9. The number of aryl methyl sites for hydroxylation is 2. The number of hydrogen-bond donors (Lipinski definition) is 0. The molecular weight excluding hydrogens is 457 g/mol. The van der Waals surface area contributed by atoms with E-state index in [0.717, 1.165) is 29.5 Å². The molecule has 1 nitrogen and oxygen atoms in total. The van der Waals surface area contributed by atoms with Crippen molar-refractivity contribution in [2.24, 2.45) is 0 Å². The summed E-state index contributed by atoms with van der Waals surface area (Å²) < 4.78 is 6.46. The number of para-hydroxylation sites is 2. The van der Waals surface area contributed by atoms with Gasteiger partial charge in [-0.05, 0) is 48.9 Å². The van der Waals surface area contributed by atoms with Crippen LogP contribution in [0.5, 0.6) is 11.5 Å². The van der Waals surface area contributed by atoms with E-state index in [0.29, 0.717) is 0 Å². The van der Waals surface area contributed by atoms with Crippen molar-refractivity contribution in [2.45, 2.75) is 129 Å². The highest BCUT2D eigenvalue weighted by atomic mass is 28.2. The van der Waals surface area contributed by atoms with Crippen molar-refractivity contribution in [2.75, 3.05) is 0 Å². The molecule has 0 saturated carbocycles. The summed E-state index contributed by atoms with van der Waals surface area (Å²) in [7, 11) is 2.82. The smallest absolute Gasteiger partial charge is 0.130 e. The van der Waals surface area contributed by atoms with Crippen molar-refractivity contribution in [3.8, 4) is 11.5 Å². The van der Waals surface area contributed by atoms with Crippen LogP contribution in [0.15, 0.2) is 48.5 Å². The van der Waals surface area contributed by atoms with Crippen LogP contribution in [0.25, 0.3) is 0 Å². The Hall–Kier alpha value is -1.33. The van der Waals surface area contributed by atoms with Gasteiger partial charge in [0.25, 0.3) is 0 Å². The number of unbranched alkanes of at least 4 members (excludes halogenated alkanes) is 12. The van der Waals surface area contributed by atoms with Gasteiger partial charge in [-0.3, -0.25) is 0 Å². The summed E-state index contributed by atoms with van der Waals surface area (Å²) in [4.78, 5) is 0. The summed E-state index contributed by atoms with van der Waals surface area (Å²) in [6.07, 6.45) is 21.1. The van der Waals surface area contributed by atoms with Crippen molar-refractivity contribution < 1.29 is 4.74 Å². The topological polar surface area (TPSA) is 9.23 Å². The zero-order valence-corrected chi connectivity index (χ0v) is 27.9. The first-order chi connectivity index (χ1) is 17.1. The molecule has 0 heterocycles. The van der Waals surface area contributed by atoms with E-state index in [-0.39, 0.29) is 0 Å². The van der Waals surface area contributed by atoms with Crippen LogP contribution in [0.1, 0.15) is 122 Å². The van der Waals surface area contributed by atoms with Crippen molar-refractivity contribution in [3.63, 3.8) is 0 Å². The zero-order valence-electron chi connectivity index (χ0n) is 23.9. The van der Waals surface area contributed by atoms with Gasteiger partial charge in [0, 0.05) is 20.5 Å². The maximum Gasteiger partial charge on any atom is 0.130 e. The van der Waals surface area contributed by atoms with E-state index in [1.54, 1.807) is 0 Å². The third-order valence-corrected chi connectivity index (χ3v) is 6.26. The Morgan fingerprint density at radius 1 is 0.543 bits per heavy atom. The van der Waals surface area contributed by atoms with E-state index >= 15 is 0 Å². The maximum absolute atomic E-state index is 6.46.